The number of amides is 1. The Morgan fingerprint density at radius 3 is 1.67 bits per heavy atom. The Balaban J connectivity index is -0.000000485. The number of hydrogen-bond acceptors (Lipinski definition) is 12. The van der Waals surface area contributed by atoms with Crippen LogP contribution >= 0.6 is 23.2 Å². The van der Waals surface area contributed by atoms with Crippen LogP contribution in [-0.2, 0) is 38.1 Å². The molecule has 2 saturated heterocycles. The van der Waals surface area contributed by atoms with Gasteiger partial charge < -0.3 is 40.8 Å². The summed E-state index contributed by atoms with van der Waals surface area (Å²) in [4.78, 5) is 63.1. The number of aliphatic carboxylic acids is 1. The van der Waals surface area contributed by atoms with E-state index < -0.39 is 58.0 Å². The number of cyclic esters (lactones) is 2. The van der Waals surface area contributed by atoms with E-state index in [1.807, 2.05) is 0 Å². The van der Waals surface area contributed by atoms with E-state index in [-0.39, 0.29) is 12.8 Å². The van der Waals surface area contributed by atoms with Crippen molar-refractivity contribution in [1.29, 1.82) is 0 Å². The molecule has 2 aliphatic heterocycles. The Morgan fingerprint density at radius 2 is 1.38 bits per heavy atom. The van der Waals surface area contributed by atoms with Crippen LogP contribution in [0, 0.1) is 0 Å². The van der Waals surface area contributed by atoms with Crippen molar-refractivity contribution in [2.75, 3.05) is 20.3 Å². The maximum Gasteiger partial charge on any atom is 0.415 e. The van der Waals surface area contributed by atoms with Gasteiger partial charge in [-0.1, -0.05) is 0 Å². The highest BCUT2D eigenvalue weighted by Gasteiger charge is 2.35. The van der Waals surface area contributed by atoms with Gasteiger partial charge in [0.1, 0.15) is 23.3 Å². The minimum atomic E-state index is -1.20. The first-order chi connectivity index (χ1) is 17.7. The Bertz CT molecular complexity index is 782. The molecule has 14 nitrogen and oxygen atoms in total. The first-order valence-corrected chi connectivity index (χ1v) is 12.4. The predicted octanol–water partition coefficient (Wildman–Crippen LogP) is 2.44. The topological polar surface area (TPSA) is 224 Å². The average Bonchev–Trinajstić information content (AvgIpc) is 3.40. The van der Waals surface area contributed by atoms with Crippen LogP contribution in [0.3, 0.4) is 0 Å². The number of nitrogens with one attached hydrogen (secondary N) is 1. The van der Waals surface area contributed by atoms with Crippen LogP contribution in [0.4, 0.5) is 9.59 Å². The van der Waals surface area contributed by atoms with Gasteiger partial charge in [0.15, 0.2) is 0 Å². The highest BCUT2D eigenvalue weighted by molar-refractivity contribution is 6.93. The lowest BCUT2D eigenvalue weighted by molar-refractivity contribution is -0.158. The number of ether oxygens (including phenoxy) is 4. The summed E-state index contributed by atoms with van der Waals surface area (Å²) in [7, 11) is 1.50. The number of nitrogens with two attached hydrogens (primary N) is 2. The van der Waals surface area contributed by atoms with Crippen molar-refractivity contribution in [3.8, 4) is 0 Å². The van der Waals surface area contributed by atoms with Crippen molar-refractivity contribution in [2.45, 2.75) is 90.5 Å². The molecule has 0 spiro atoms. The molecule has 0 aromatic carbocycles. The number of carboxylic acid groups (broad SMARTS) is 1. The number of carbonyl (C=O) groups excluding carboxylic acids is 5. The molecule has 0 unspecified atom stereocenters. The predicted molar refractivity (Wildman–Crippen MR) is 142 cm³/mol. The molecule has 1 amide bonds. The molecule has 6 N–H and O–H groups in total. The summed E-state index contributed by atoms with van der Waals surface area (Å²) in [5.74, 6) is -3.09. The van der Waals surface area contributed by atoms with Gasteiger partial charge in [0.2, 0.25) is 0 Å². The molecule has 0 aromatic heterocycles. The molecule has 39 heavy (non-hydrogen) atoms. The molecule has 2 heterocycles. The fourth-order valence-electron chi connectivity index (χ4n) is 2.24. The number of rotatable bonds is 5. The van der Waals surface area contributed by atoms with E-state index in [1.54, 1.807) is 41.5 Å². The Labute approximate surface area is 238 Å². The number of carbonyl (C=O) groups is 6. The molecular formula is C23H41Cl2N3O11. The van der Waals surface area contributed by atoms with Crippen LogP contribution in [-0.4, -0.2) is 83.3 Å². The van der Waals surface area contributed by atoms with Crippen molar-refractivity contribution < 1.29 is 52.8 Å². The summed E-state index contributed by atoms with van der Waals surface area (Å²) >= 11 is 8.80. The van der Waals surface area contributed by atoms with Crippen LogP contribution in [0.15, 0.2) is 0 Å². The summed E-state index contributed by atoms with van der Waals surface area (Å²) in [5, 5.41) is 10.6. The summed E-state index contributed by atoms with van der Waals surface area (Å²) in [5.41, 5.74) is 8.43. The summed E-state index contributed by atoms with van der Waals surface area (Å²) < 4.78 is 18.1. The SMILES string of the molecule is C1CCOC1.CC(C)(C)OC(=O)C[C@@H]1NC(=O)OC1=O.CC(C)(C)OC(=O)C[C@H](N)C(=O)O.CN.O=C(Cl)Cl. The fraction of sp³-hybridized carbons (Fsp3) is 0.739. The van der Waals surface area contributed by atoms with Gasteiger partial charge in [-0.25, -0.2) is 9.59 Å². The van der Waals surface area contributed by atoms with Crippen molar-refractivity contribution in [3.63, 3.8) is 0 Å². The van der Waals surface area contributed by atoms with E-state index in [2.05, 4.69) is 39.0 Å². The molecule has 16 heteroatoms. The normalized spacial score (nSPS) is 16.4. The van der Waals surface area contributed by atoms with Gasteiger partial charge in [-0.15, -0.1) is 0 Å². The Morgan fingerprint density at radius 1 is 0.974 bits per heavy atom. The number of hydrogen-bond donors (Lipinski definition) is 4. The van der Waals surface area contributed by atoms with Gasteiger partial charge in [-0.2, -0.15) is 0 Å². The number of carboxylic acids is 1. The van der Waals surface area contributed by atoms with Crippen LogP contribution in [0.2, 0.25) is 0 Å². The molecule has 0 bridgehead atoms. The van der Waals surface area contributed by atoms with Gasteiger partial charge in [-0.3, -0.25) is 19.2 Å². The van der Waals surface area contributed by atoms with E-state index in [1.165, 1.54) is 19.9 Å². The number of esters is 3. The third kappa shape index (κ3) is 29.9. The quantitative estimate of drug-likeness (QED) is 0.153. The lowest BCUT2D eigenvalue weighted by Crippen LogP contribution is -2.35. The molecule has 0 aromatic rings. The lowest BCUT2D eigenvalue weighted by atomic mass is 10.2. The smallest absolute Gasteiger partial charge is 0.415 e. The summed E-state index contributed by atoms with van der Waals surface area (Å²) in [6.45, 7) is 12.3. The molecule has 0 radical (unpaired) electrons. The molecule has 2 aliphatic rings. The zero-order valence-corrected chi connectivity index (χ0v) is 24.8. The monoisotopic (exact) mass is 605 g/mol. The van der Waals surface area contributed by atoms with Gasteiger partial charge in [0, 0.05) is 13.2 Å². The molecular weight excluding hydrogens is 565 g/mol. The van der Waals surface area contributed by atoms with E-state index in [0.29, 0.717) is 0 Å². The van der Waals surface area contributed by atoms with Crippen molar-refractivity contribution in [3.05, 3.63) is 0 Å². The van der Waals surface area contributed by atoms with Crippen LogP contribution in [0.5, 0.6) is 0 Å². The average molecular weight is 606 g/mol. The maximum atomic E-state index is 11.3. The highest BCUT2D eigenvalue weighted by Crippen LogP contribution is 2.12. The number of halogens is 2. The second kappa shape index (κ2) is 21.3. The third-order valence-electron chi connectivity index (χ3n) is 3.51. The fourth-order valence-corrected chi connectivity index (χ4v) is 2.24. The van der Waals surface area contributed by atoms with Crippen LogP contribution in [0.1, 0.15) is 67.2 Å². The number of alkyl carbamates (subject to hydrolysis) is 1. The molecule has 0 saturated carbocycles. The zero-order valence-electron chi connectivity index (χ0n) is 23.3. The van der Waals surface area contributed by atoms with Crippen molar-refractivity contribution >= 4 is 57.9 Å². The second-order valence-electron chi connectivity index (χ2n) is 9.48. The summed E-state index contributed by atoms with van der Waals surface area (Å²) in [6, 6.07) is -2.11. The highest BCUT2D eigenvalue weighted by atomic mass is 35.5. The summed E-state index contributed by atoms with van der Waals surface area (Å²) in [6.07, 6.45) is 1.22. The Kier molecular flexibility index (Phi) is 22.4. The van der Waals surface area contributed by atoms with E-state index in [4.69, 9.17) is 29.8 Å². The van der Waals surface area contributed by atoms with Gasteiger partial charge in [-0.05, 0) is 84.6 Å². The molecule has 2 fully saturated rings. The standard InChI is InChI=1S/C9H13NO5.C8H15NO4.C4H8O.CCl2O.CH5N/c1-9(2,3)15-6(11)4-5-7(12)14-8(13)10-5;1-8(2,3)13-6(10)4-5(9)7(11)12;1-2-4-5-3-1;2-1(3)4;1-2/h5H,4H2,1-3H3,(H,10,13);5H,4,9H2,1-3H3,(H,11,12);1-4H2;;2H2,1H3/t2*5-;;;/m00.../s1. The maximum absolute atomic E-state index is 11.3. The lowest BCUT2D eigenvalue weighted by Gasteiger charge is -2.20. The zero-order chi connectivity index (χ0) is 31.4. The third-order valence-corrected chi connectivity index (χ3v) is 3.51. The minimum absolute atomic E-state index is 0.207. The second-order valence-corrected chi connectivity index (χ2v) is 10.4. The van der Waals surface area contributed by atoms with Crippen LogP contribution in [0.25, 0.3) is 0 Å². The molecule has 0 aliphatic carbocycles. The van der Waals surface area contributed by atoms with Crippen LogP contribution < -0.4 is 16.8 Å². The van der Waals surface area contributed by atoms with Crippen molar-refractivity contribution in [1.82, 2.24) is 5.32 Å². The molecule has 2 atom stereocenters. The molecule has 2 rings (SSSR count). The van der Waals surface area contributed by atoms with Crippen molar-refractivity contribution in [2.24, 2.45) is 11.5 Å². The van der Waals surface area contributed by atoms with Gasteiger partial charge >= 0.3 is 34.7 Å². The van der Waals surface area contributed by atoms with Gasteiger partial charge in [0.25, 0.3) is 0 Å². The van der Waals surface area contributed by atoms with Gasteiger partial charge in [0.05, 0.1) is 12.8 Å². The van der Waals surface area contributed by atoms with E-state index in [0.717, 1.165) is 13.2 Å². The van der Waals surface area contributed by atoms with E-state index >= 15 is 0 Å². The largest absolute Gasteiger partial charge is 0.480 e. The first-order valence-electron chi connectivity index (χ1n) is 11.7. The minimum Gasteiger partial charge on any atom is -0.480 e. The van der Waals surface area contributed by atoms with E-state index in [9.17, 15) is 24.0 Å². The first kappa shape index (κ1) is 41.0. The molecule has 228 valence electrons. The Hall–Kier alpha value is -2.52.